The molecule has 4 nitrogen and oxygen atoms in total. The van der Waals surface area contributed by atoms with Crippen LogP contribution in [0.4, 0.5) is 0 Å². The molecule has 8 aromatic rings. The monoisotopic (exact) mass is 591 g/mol. The summed E-state index contributed by atoms with van der Waals surface area (Å²) in [7, 11) is 0. The molecule has 0 spiro atoms. The average Bonchev–Trinajstić information content (AvgIpc) is 3.67. The third-order valence-corrected chi connectivity index (χ3v) is 9.59. The van der Waals surface area contributed by atoms with Crippen molar-refractivity contribution in [1.29, 1.82) is 0 Å². The SMILES string of the molecule is Cc1cc2c(c(-c3c(-c4ccnnn4)c(-c4ccccc4)c4c(oc5ccccc54)c3-c3ccccc3)c1C)Cc1ccccc1-2. The van der Waals surface area contributed by atoms with Gasteiger partial charge in [-0.3, -0.25) is 0 Å². The molecule has 0 unspecified atom stereocenters. The van der Waals surface area contributed by atoms with Crippen molar-refractivity contribution in [3.05, 3.63) is 150 Å². The van der Waals surface area contributed by atoms with E-state index < -0.39 is 0 Å². The number of rotatable bonds is 4. The smallest absolute Gasteiger partial charge is 0.144 e. The standard InChI is InChI=1S/C42H29N3O/c1-25-23-32-30-18-10-9-17-29(30)24-33(32)36(26(25)2)41-38(28-15-7-4-8-16-28)42-39(31-19-11-12-20-35(31)46-42)37(27-13-5-3-6-14-27)40(41)34-21-22-43-45-44-34/h3-23H,24H2,1-2H3. The molecule has 0 atom stereocenters. The maximum Gasteiger partial charge on any atom is 0.144 e. The number of hydrogen-bond acceptors (Lipinski definition) is 4. The third-order valence-electron chi connectivity index (χ3n) is 9.59. The first-order chi connectivity index (χ1) is 22.7. The zero-order chi connectivity index (χ0) is 30.8. The molecule has 46 heavy (non-hydrogen) atoms. The van der Waals surface area contributed by atoms with Gasteiger partial charge in [-0.05, 0) is 87.7 Å². The van der Waals surface area contributed by atoms with E-state index in [2.05, 4.69) is 133 Å². The Morgan fingerprint density at radius 3 is 2.07 bits per heavy atom. The van der Waals surface area contributed by atoms with Gasteiger partial charge in [0.15, 0.2) is 0 Å². The maximum absolute atomic E-state index is 6.96. The molecule has 0 saturated heterocycles. The predicted octanol–water partition coefficient (Wildman–Crippen LogP) is 10.6. The predicted molar refractivity (Wildman–Crippen MR) is 187 cm³/mol. The number of benzene rings is 6. The number of nitrogens with zero attached hydrogens (tertiary/aromatic N) is 3. The Labute approximate surface area is 267 Å². The molecule has 0 N–H and O–H groups in total. The molecular weight excluding hydrogens is 562 g/mol. The summed E-state index contributed by atoms with van der Waals surface area (Å²) in [5.41, 5.74) is 18.0. The van der Waals surface area contributed by atoms with Crippen molar-refractivity contribution in [3.63, 3.8) is 0 Å². The lowest BCUT2D eigenvalue weighted by atomic mass is 9.78. The topological polar surface area (TPSA) is 51.8 Å². The van der Waals surface area contributed by atoms with Gasteiger partial charge in [0.2, 0.25) is 0 Å². The molecule has 9 rings (SSSR count). The largest absolute Gasteiger partial charge is 0.455 e. The average molecular weight is 592 g/mol. The first-order valence-electron chi connectivity index (χ1n) is 15.7. The highest BCUT2D eigenvalue weighted by molar-refractivity contribution is 6.24. The van der Waals surface area contributed by atoms with E-state index in [4.69, 9.17) is 9.52 Å². The Bertz CT molecular complexity index is 2450. The zero-order valence-electron chi connectivity index (χ0n) is 25.6. The van der Waals surface area contributed by atoms with Crippen LogP contribution in [0.2, 0.25) is 0 Å². The summed E-state index contributed by atoms with van der Waals surface area (Å²) in [6, 6.07) is 42.8. The number of aromatic nitrogens is 3. The number of aryl methyl sites for hydroxylation is 1. The van der Waals surface area contributed by atoms with Crippen LogP contribution < -0.4 is 0 Å². The van der Waals surface area contributed by atoms with Crippen LogP contribution in [0.15, 0.2) is 132 Å². The fourth-order valence-electron chi connectivity index (χ4n) is 7.47. The molecule has 0 radical (unpaired) electrons. The van der Waals surface area contributed by atoms with Gasteiger partial charge in [-0.1, -0.05) is 109 Å². The first-order valence-corrected chi connectivity index (χ1v) is 15.7. The van der Waals surface area contributed by atoms with Crippen molar-refractivity contribution in [2.24, 2.45) is 0 Å². The molecule has 1 aliphatic carbocycles. The number of para-hydroxylation sites is 1. The molecule has 6 aromatic carbocycles. The van der Waals surface area contributed by atoms with Gasteiger partial charge < -0.3 is 4.42 Å². The molecule has 0 bridgehead atoms. The van der Waals surface area contributed by atoms with Crippen molar-refractivity contribution in [1.82, 2.24) is 15.4 Å². The van der Waals surface area contributed by atoms with E-state index in [1.54, 1.807) is 6.20 Å². The second kappa shape index (κ2) is 10.4. The van der Waals surface area contributed by atoms with E-state index in [-0.39, 0.29) is 0 Å². The molecule has 2 aromatic heterocycles. The summed E-state index contributed by atoms with van der Waals surface area (Å²) >= 11 is 0. The lowest BCUT2D eigenvalue weighted by Crippen LogP contribution is -2.03. The zero-order valence-corrected chi connectivity index (χ0v) is 25.6. The Morgan fingerprint density at radius 1 is 0.609 bits per heavy atom. The second-order valence-electron chi connectivity index (χ2n) is 12.1. The van der Waals surface area contributed by atoms with E-state index >= 15 is 0 Å². The molecule has 4 heteroatoms. The van der Waals surface area contributed by atoms with Crippen molar-refractivity contribution in [2.75, 3.05) is 0 Å². The number of furan rings is 1. The summed E-state index contributed by atoms with van der Waals surface area (Å²) in [4.78, 5) is 0. The molecule has 2 heterocycles. The molecular formula is C42H29N3O. The normalized spacial score (nSPS) is 12.0. The van der Waals surface area contributed by atoms with Crippen LogP contribution in [0.3, 0.4) is 0 Å². The van der Waals surface area contributed by atoms with Gasteiger partial charge in [-0.15, -0.1) is 10.2 Å². The Morgan fingerprint density at radius 2 is 1.30 bits per heavy atom. The number of hydrogen-bond donors (Lipinski definition) is 0. The highest BCUT2D eigenvalue weighted by Crippen LogP contribution is 2.56. The summed E-state index contributed by atoms with van der Waals surface area (Å²) in [6.45, 7) is 4.49. The maximum atomic E-state index is 6.96. The minimum Gasteiger partial charge on any atom is -0.455 e. The molecule has 1 aliphatic rings. The van der Waals surface area contributed by atoms with Crippen LogP contribution in [0.1, 0.15) is 22.3 Å². The number of fused-ring (bicyclic) bond motifs is 6. The van der Waals surface area contributed by atoms with Gasteiger partial charge in [-0.25, -0.2) is 0 Å². The lowest BCUT2D eigenvalue weighted by molar-refractivity contribution is 0.670. The van der Waals surface area contributed by atoms with Crippen LogP contribution in [0.5, 0.6) is 0 Å². The van der Waals surface area contributed by atoms with Crippen molar-refractivity contribution in [3.8, 4) is 55.8 Å². The van der Waals surface area contributed by atoms with Crippen LogP contribution in [0.25, 0.3) is 77.7 Å². The molecule has 0 fully saturated rings. The van der Waals surface area contributed by atoms with Gasteiger partial charge in [0.05, 0.1) is 11.9 Å². The Hall–Kier alpha value is -5.87. The fraction of sp³-hybridized carbons (Fsp3) is 0.0714. The van der Waals surface area contributed by atoms with Gasteiger partial charge >= 0.3 is 0 Å². The molecule has 218 valence electrons. The highest BCUT2D eigenvalue weighted by Gasteiger charge is 2.32. The van der Waals surface area contributed by atoms with Crippen molar-refractivity contribution >= 4 is 21.9 Å². The fourth-order valence-corrected chi connectivity index (χ4v) is 7.47. The van der Waals surface area contributed by atoms with Crippen LogP contribution in [-0.4, -0.2) is 15.4 Å². The molecule has 0 saturated carbocycles. The summed E-state index contributed by atoms with van der Waals surface area (Å²) in [5.74, 6) is 0. The third kappa shape index (κ3) is 3.90. The Balaban J connectivity index is 1.58. The van der Waals surface area contributed by atoms with Crippen molar-refractivity contribution in [2.45, 2.75) is 20.3 Å². The van der Waals surface area contributed by atoms with Crippen LogP contribution in [-0.2, 0) is 6.42 Å². The van der Waals surface area contributed by atoms with E-state index in [1.807, 2.05) is 12.1 Å². The van der Waals surface area contributed by atoms with E-state index in [0.29, 0.717) is 0 Å². The van der Waals surface area contributed by atoms with Crippen LogP contribution in [0, 0.1) is 13.8 Å². The van der Waals surface area contributed by atoms with Gasteiger partial charge in [0.25, 0.3) is 0 Å². The van der Waals surface area contributed by atoms with E-state index in [0.717, 1.165) is 67.4 Å². The van der Waals surface area contributed by atoms with Gasteiger partial charge in [0.1, 0.15) is 11.2 Å². The van der Waals surface area contributed by atoms with E-state index in [1.165, 1.54) is 38.9 Å². The summed E-state index contributed by atoms with van der Waals surface area (Å²) < 4.78 is 6.96. The lowest BCUT2D eigenvalue weighted by Gasteiger charge is -2.25. The van der Waals surface area contributed by atoms with Crippen LogP contribution >= 0.6 is 0 Å². The van der Waals surface area contributed by atoms with Gasteiger partial charge in [-0.2, -0.15) is 0 Å². The van der Waals surface area contributed by atoms with E-state index in [9.17, 15) is 0 Å². The van der Waals surface area contributed by atoms with Crippen molar-refractivity contribution < 1.29 is 4.42 Å². The summed E-state index contributed by atoms with van der Waals surface area (Å²) in [6.07, 6.45) is 2.60. The first kappa shape index (κ1) is 26.5. The summed E-state index contributed by atoms with van der Waals surface area (Å²) in [5, 5.41) is 15.1. The Kier molecular flexibility index (Phi) is 5.97. The second-order valence-corrected chi connectivity index (χ2v) is 12.1. The minimum absolute atomic E-state index is 0.776. The molecule has 0 amide bonds. The minimum atomic E-state index is 0.776. The quantitative estimate of drug-likeness (QED) is 0.204. The molecule has 0 aliphatic heterocycles. The highest BCUT2D eigenvalue weighted by atomic mass is 16.3. The van der Waals surface area contributed by atoms with Gasteiger partial charge in [0, 0.05) is 33.0 Å².